The van der Waals surface area contributed by atoms with Crippen molar-refractivity contribution in [3.63, 3.8) is 0 Å². The molecular weight excluding hydrogens is 455 g/mol. The Morgan fingerprint density at radius 2 is 1.72 bits per heavy atom. The number of amides is 2. The summed E-state index contributed by atoms with van der Waals surface area (Å²) in [6.45, 7) is 6.71. The van der Waals surface area contributed by atoms with Crippen molar-refractivity contribution < 1.29 is 18.7 Å². The van der Waals surface area contributed by atoms with E-state index in [0.29, 0.717) is 25.3 Å². The predicted molar refractivity (Wildman–Crippen MR) is 138 cm³/mol. The maximum Gasteiger partial charge on any atom is 0.260 e. The first-order valence-corrected chi connectivity index (χ1v) is 12.2. The smallest absolute Gasteiger partial charge is 0.260 e. The summed E-state index contributed by atoms with van der Waals surface area (Å²) >= 11 is 0. The van der Waals surface area contributed by atoms with Crippen LogP contribution in [0.15, 0.2) is 72.8 Å². The maximum absolute atomic E-state index is 13.7. The van der Waals surface area contributed by atoms with Crippen LogP contribution in [0.25, 0.3) is 0 Å². The summed E-state index contributed by atoms with van der Waals surface area (Å²) in [6.07, 6.45) is 0.716. The molecule has 0 aromatic heterocycles. The molecule has 3 aromatic carbocycles. The number of fused-ring (bicyclic) bond motifs is 1. The normalized spacial score (nSPS) is 15.2. The fraction of sp³-hybridized carbons (Fsp3) is 0.333. The van der Waals surface area contributed by atoms with Crippen LogP contribution in [0.2, 0.25) is 0 Å². The number of hydrogen-bond donors (Lipinski definition) is 0. The zero-order chi connectivity index (χ0) is 25.9. The zero-order valence-electron chi connectivity index (χ0n) is 21.3. The summed E-state index contributed by atoms with van der Waals surface area (Å²) < 4.78 is 19.6. The fourth-order valence-electron chi connectivity index (χ4n) is 4.54. The predicted octanol–water partition coefficient (Wildman–Crippen LogP) is 5.38. The standard InChI is InChI=1S/C30H33FN2O3/c1-30(2,3)29(35)33-17-16-22-12-15-25(18-26(22)28(33)23-10-13-24(31)14-11-23)36-20-27(34)32(4)19-21-8-6-5-7-9-21/h5-15,18,28H,16-17,19-20H2,1-4H3/t28-/m1/s1. The molecule has 0 saturated carbocycles. The molecule has 0 bridgehead atoms. The number of carbonyl (C=O) groups excluding carboxylic acids is 2. The van der Waals surface area contributed by atoms with Gasteiger partial charge in [-0.05, 0) is 52.9 Å². The number of hydrogen-bond acceptors (Lipinski definition) is 3. The van der Waals surface area contributed by atoms with Gasteiger partial charge in [0.05, 0.1) is 6.04 Å². The monoisotopic (exact) mass is 488 g/mol. The van der Waals surface area contributed by atoms with Crippen LogP contribution in [0.3, 0.4) is 0 Å². The van der Waals surface area contributed by atoms with Gasteiger partial charge in [0.15, 0.2) is 6.61 Å². The third kappa shape index (κ3) is 5.76. The van der Waals surface area contributed by atoms with Crippen LogP contribution in [-0.4, -0.2) is 41.8 Å². The number of rotatable bonds is 6. The molecule has 0 radical (unpaired) electrons. The molecule has 1 heterocycles. The second-order valence-electron chi connectivity index (χ2n) is 10.3. The second-order valence-corrected chi connectivity index (χ2v) is 10.3. The number of halogens is 1. The van der Waals surface area contributed by atoms with E-state index in [9.17, 15) is 14.0 Å². The van der Waals surface area contributed by atoms with Crippen LogP contribution in [0.1, 0.15) is 49.1 Å². The molecule has 1 aliphatic heterocycles. The van der Waals surface area contributed by atoms with Crippen LogP contribution >= 0.6 is 0 Å². The lowest BCUT2D eigenvalue weighted by molar-refractivity contribution is -0.141. The molecule has 36 heavy (non-hydrogen) atoms. The molecule has 3 aromatic rings. The molecule has 5 nitrogen and oxygen atoms in total. The van der Waals surface area contributed by atoms with Crippen LogP contribution in [0, 0.1) is 11.2 Å². The fourth-order valence-corrected chi connectivity index (χ4v) is 4.54. The molecule has 0 spiro atoms. The van der Waals surface area contributed by atoms with E-state index in [1.807, 2.05) is 74.2 Å². The summed E-state index contributed by atoms with van der Waals surface area (Å²) in [5.41, 5.74) is 3.38. The Balaban J connectivity index is 1.57. The first kappa shape index (κ1) is 25.4. The molecule has 6 heteroatoms. The summed E-state index contributed by atoms with van der Waals surface area (Å²) in [7, 11) is 1.76. The van der Waals surface area contributed by atoms with Gasteiger partial charge in [-0.2, -0.15) is 0 Å². The Morgan fingerprint density at radius 3 is 2.39 bits per heavy atom. The van der Waals surface area contributed by atoms with Crippen LogP contribution in [-0.2, 0) is 22.6 Å². The third-order valence-corrected chi connectivity index (χ3v) is 6.48. The highest BCUT2D eigenvalue weighted by Gasteiger charge is 2.37. The molecule has 0 aliphatic carbocycles. The van der Waals surface area contributed by atoms with Crippen molar-refractivity contribution in [3.8, 4) is 5.75 Å². The highest BCUT2D eigenvalue weighted by Crippen LogP contribution is 2.39. The van der Waals surface area contributed by atoms with Gasteiger partial charge in [-0.3, -0.25) is 9.59 Å². The average Bonchev–Trinajstić information content (AvgIpc) is 2.86. The Hall–Kier alpha value is -3.67. The minimum absolute atomic E-state index is 0.0338. The lowest BCUT2D eigenvalue weighted by Crippen LogP contribution is -2.45. The molecule has 0 N–H and O–H groups in total. The Bertz CT molecular complexity index is 1220. The molecule has 188 valence electrons. The third-order valence-electron chi connectivity index (χ3n) is 6.48. The number of ether oxygens (including phenoxy) is 1. The maximum atomic E-state index is 13.7. The van der Waals surface area contributed by atoms with Gasteiger partial charge in [-0.15, -0.1) is 0 Å². The van der Waals surface area contributed by atoms with Crippen LogP contribution in [0.5, 0.6) is 5.75 Å². The summed E-state index contributed by atoms with van der Waals surface area (Å²) in [5.74, 6) is 0.147. The topological polar surface area (TPSA) is 49.9 Å². The minimum Gasteiger partial charge on any atom is -0.484 e. The molecule has 2 amide bonds. The van der Waals surface area contributed by atoms with Gasteiger partial charge in [-0.1, -0.05) is 69.3 Å². The van der Waals surface area contributed by atoms with Crippen LogP contribution in [0.4, 0.5) is 4.39 Å². The van der Waals surface area contributed by atoms with E-state index < -0.39 is 5.41 Å². The summed E-state index contributed by atoms with van der Waals surface area (Å²) in [6, 6.07) is 21.5. The van der Waals surface area contributed by atoms with Crippen molar-refractivity contribution in [2.45, 2.75) is 39.8 Å². The van der Waals surface area contributed by atoms with E-state index >= 15 is 0 Å². The van der Waals surface area contributed by atoms with Crippen molar-refractivity contribution in [1.29, 1.82) is 0 Å². The Labute approximate surface area is 212 Å². The van der Waals surface area contributed by atoms with Gasteiger partial charge in [0.1, 0.15) is 11.6 Å². The van der Waals surface area contributed by atoms with Crippen molar-refractivity contribution in [3.05, 3.63) is 101 Å². The van der Waals surface area contributed by atoms with Gasteiger partial charge < -0.3 is 14.5 Å². The summed E-state index contributed by atoms with van der Waals surface area (Å²) in [4.78, 5) is 29.6. The second kappa shape index (κ2) is 10.5. The lowest BCUT2D eigenvalue weighted by Gasteiger charge is -2.41. The van der Waals surface area contributed by atoms with Gasteiger partial charge in [0, 0.05) is 25.6 Å². The Kier molecular flexibility index (Phi) is 7.43. The zero-order valence-corrected chi connectivity index (χ0v) is 21.3. The van der Waals surface area contributed by atoms with E-state index in [1.54, 1.807) is 24.1 Å². The highest BCUT2D eigenvalue weighted by atomic mass is 19.1. The quantitative estimate of drug-likeness (QED) is 0.468. The number of carbonyl (C=O) groups is 2. The van der Waals surface area contributed by atoms with Crippen molar-refractivity contribution in [2.24, 2.45) is 5.41 Å². The Morgan fingerprint density at radius 1 is 1.03 bits per heavy atom. The van der Waals surface area contributed by atoms with Gasteiger partial charge >= 0.3 is 0 Å². The molecule has 0 saturated heterocycles. The van der Waals surface area contributed by atoms with Crippen molar-refractivity contribution >= 4 is 11.8 Å². The number of likely N-dealkylation sites (N-methyl/N-ethyl adjacent to an activating group) is 1. The SMILES string of the molecule is CN(Cc1ccccc1)C(=O)COc1ccc2c(c1)[C@@H](c1ccc(F)cc1)N(C(=O)C(C)(C)C)CC2. The van der Waals surface area contributed by atoms with E-state index in [2.05, 4.69) is 0 Å². The van der Waals surface area contributed by atoms with Gasteiger partial charge in [0.25, 0.3) is 5.91 Å². The largest absolute Gasteiger partial charge is 0.484 e. The summed E-state index contributed by atoms with van der Waals surface area (Å²) in [5, 5.41) is 0. The first-order chi connectivity index (χ1) is 17.1. The average molecular weight is 489 g/mol. The van der Waals surface area contributed by atoms with E-state index in [4.69, 9.17) is 4.74 Å². The molecular formula is C30H33FN2O3. The molecule has 1 aliphatic rings. The number of benzene rings is 3. The first-order valence-electron chi connectivity index (χ1n) is 12.2. The van der Waals surface area contributed by atoms with Crippen molar-refractivity contribution in [2.75, 3.05) is 20.2 Å². The van der Waals surface area contributed by atoms with E-state index in [-0.39, 0.29) is 30.3 Å². The minimum atomic E-state index is -0.556. The van der Waals surface area contributed by atoms with Gasteiger partial charge in [0.2, 0.25) is 5.91 Å². The molecule has 1 atom stereocenters. The van der Waals surface area contributed by atoms with Gasteiger partial charge in [-0.25, -0.2) is 4.39 Å². The molecule has 0 fully saturated rings. The lowest BCUT2D eigenvalue weighted by atomic mass is 9.85. The van der Waals surface area contributed by atoms with E-state index in [0.717, 1.165) is 22.3 Å². The highest BCUT2D eigenvalue weighted by molar-refractivity contribution is 5.83. The molecule has 0 unspecified atom stereocenters. The van der Waals surface area contributed by atoms with Crippen LogP contribution < -0.4 is 4.74 Å². The number of nitrogens with zero attached hydrogens (tertiary/aromatic N) is 2. The van der Waals surface area contributed by atoms with Crippen molar-refractivity contribution in [1.82, 2.24) is 9.80 Å². The van der Waals surface area contributed by atoms with E-state index in [1.165, 1.54) is 12.1 Å². The molecule has 4 rings (SSSR count).